The minimum absolute atomic E-state index is 0.197. The van der Waals surface area contributed by atoms with Crippen LogP contribution in [0.3, 0.4) is 0 Å². The number of hydrogen-bond donors (Lipinski definition) is 1. The molecular weight excluding hydrogens is 492 g/mol. The van der Waals surface area contributed by atoms with Crippen LogP contribution in [-0.4, -0.2) is 32.2 Å². The van der Waals surface area contributed by atoms with Crippen LogP contribution in [0.2, 0.25) is 0 Å². The molecule has 1 N–H and O–H groups in total. The van der Waals surface area contributed by atoms with Crippen LogP contribution < -0.4 is 19.5 Å². The standard InChI is InChI=1S/C28H28N2O4S2/c1-16-9-11-18-23(13-16)36-28(25(18)27-29-19-7-5-6-8-22(19)35-27)30-24(31)12-10-17-14-20(32-2)26(34-4)21(15-17)33-3/h5-8,10,12,14-16H,9,11,13H2,1-4H3,(H,30,31)/b12-10-. The highest BCUT2D eigenvalue weighted by Gasteiger charge is 2.27. The second-order valence-corrected chi connectivity index (χ2v) is 11.0. The molecule has 1 aliphatic rings. The number of aromatic nitrogens is 1. The number of carbonyl (C=O) groups excluding carboxylic acids is 1. The Morgan fingerprint density at radius 2 is 1.83 bits per heavy atom. The molecule has 1 aliphatic carbocycles. The summed E-state index contributed by atoms with van der Waals surface area (Å²) in [6, 6.07) is 11.8. The summed E-state index contributed by atoms with van der Waals surface area (Å²) >= 11 is 3.36. The van der Waals surface area contributed by atoms with Gasteiger partial charge >= 0.3 is 0 Å². The Morgan fingerprint density at radius 3 is 2.53 bits per heavy atom. The van der Waals surface area contributed by atoms with Crippen LogP contribution in [0.4, 0.5) is 5.00 Å². The number of fused-ring (bicyclic) bond motifs is 2. The fourth-order valence-corrected chi connectivity index (χ4v) is 7.09. The van der Waals surface area contributed by atoms with Gasteiger partial charge in [0.2, 0.25) is 11.7 Å². The maximum absolute atomic E-state index is 13.1. The summed E-state index contributed by atoms with van der Waals surface area (Å²) in [5, 5.41) is 4.98. The molecule has 2 heterocycles. The maximum Gasteiger partial charge on any atom is 0.249 e. The molecule has 0 bridgehead atoms. The van der Waals surface area contributed by atoms with Crippen molar-refractivity contribution in [3.8, 4) is 27.8 Å². The first-order valence-electron chi connectivity index (χ1n) is 11.8. The van der Waals surface area contributed by atoms with Gasteiger partial charge in [-0.15, -0.1) is 22.7 Å². The van der Waals surface area contributed by atoms with Gasteiger partial charge in [-0.1, -0.05) is 19.1 Å². The first-order valence-corrected chi connectivity index (χ1v) is 13.4. The van der Waals surface area contributed by atoms with Crippen molar-refractivity contribution in [2.75, 3.05) is 26.6 Å². The zero-order chi connectivity index (χ0) is 25.2. The van der Waals surface area contributed by atoms with E-state index < -0.39 is 0 Å². The summed E-state index contributed by atoms with van der Waals surface area (Å²) in [5.74, 6) is 2.03. The number of para-hydroxylation sites is 1. The molecule has 5 rings (SSSR count). The van der Waals surface area contributed by atoms with E-state index in [1.807, 2.05) is 30.3 Å². The normalized spacial score (nSPS) is 15.2. The molecule has 36 heavy (non-hydrogen) atoms. The highest BCUT2D eigenvalue weighted by Crippen LogP contribution is 2.47. The van der Waals surface area contributed by atoms with Gasteiger partial charge in [-0.2, -0.15) is 0 Å². The molecule has 186 valence electrons. The fourth-order valence-electron chi connectivity index (χ4n) is 4.57. The predicted octanol–water partition coefficient (Wildman–Crippen LogP) is 6.83. The van der Waals surface area contributed by atoms with Gasteiger partial charge in [0.05, 0.1) is 31.5 Å². The Hall–Kier alpha value is -3.36. The van der Waals surface area contributed by atoms with E-state index >= 15 is 0 Å². The first-order chi connectivity index (χ1) is 17.5. The van der Waals surface area contributed by atoms with E-state index in [1.54, 1.807) is 50.1 Å². The summed E-state index contributed by atoms with van der Waals surface area (Å²) < 4.78 is 17.4. The topological polar surface area (TPSA) is 69.7 Å². The van der Waals surface area contributed by atoms with Crippen LogP contribution in [0, 0.1) is 5.92 Å². The number of thiazole rings is 1. The maximum atomic E-state index is 13.1. The second kappa shape index (κ2) is 10.3. The molecule has 0 fully saturated rings. The van der Waals surface area contributed by atoms with Crippen LogP contribution >= 0.6 is 22.7 Å². The lowest BCUT2D eigenvalue weighted by Crippen LogP contribution is -2.09. The van der Waals surface area contributed by atoms with Gasteiger partial charge in [0.25, 0.3) is 0 Å². The number of methoxy groups -OCH3 is 3. The third-order valence-electron chi connectivity index (χ3n) is 6.37. The Balaban J connectivity index is 1.46. The Kier molecular flexibility index (Phi) is 6.98. The van der Waals surface area contributed by atoms with Gasteiger partial charge in [0.15, 0.2) is 11.5 Å². The molecule has 4 aromatic rings. The van der Waals surface area contributed by atoms with Crippen molar-refractivity contribution in [3.63, 3.8) is 0 Å². The largest absolute Gasteiger partial charge is 0.493 e. The van der Waals surface area contributed by atoms with Crippen molar-refractivity contribution < 1.29 is 19.0 Å². The van der Waals surface area contributed by atoms with Crippen molar-refractivity contribution in [1.82, 2.24) is 4.98 Å². The molecule has 2 aromatic heterocycles. The molecule has 0 aliphatic heterocycles. The molecular formula is C28H28N2O4S2. The molecule has 0 radical (unpaired) electrons. The molecule has 1 unspecified atom stereocenters. The number of nitrogens with one attached hydrogen (secondary N) is 1. The van der Waals surface area contributed by atoms with Crippen molar-refractivity contribution in [2.24, 2.45) is 5.92 Å². The average Bonchev–Trinajstić information content (AvgIpc) is 3.46. The zero-order valence-corrected chi connectivity index (χ0v) is 22.3. The number of carbonyl (C=O) groups is 1. The SMILES string of the molecule is COc1cc(/C=C\C(=O)Nc2sc3c(c2-c2nc4ccccc4s2)CCC(C)C3)cc(OC)c1OC. The number of ether oxygens (including phenoxy) is 3. The van der Waals surface area contributed by atoms with Crippen LogP contribution in [0.1, 0.15) is 29.3 Å². The monoisotopic (exact) mass is 520 g/mol. The number of rotatable bonds is 7. The van der Waals surface area contributed by atoms with Gasteiger partial charge in [0.1, 0.15) is 10.0 Å². The molecule has 0 saturated carbocycles. The van der Waals surface area contributed by atoms with E-state index in [-0.39, 0.29) is 5.91 Å². The first kappa shape index (κ1) is 24.3. The van der Waals surface area contributed by atoms with Crippen molar-refractivity contribution >= 4 is 49.9 Å². The van der Waals surface area contributed by atoms with Gasteiger partial charge in [-0.3, -0.25) is 4.79 Å². The van der Waals surface area contributed by atoms with E-state index in [0.29, 0.717) is 23.2 Å². The summed E-state index contributed by atoms with van der Waals surface area (Å²) in [7, 11) is 4.70. The molecule has 0 spiro atoms. The van der Waals surface area contributed by atoms with Crippen molar-refractivity contribution in [3.05, 3.63) is 58.5 Å². The minimum Gasteiger partial charge on any atom is -0.493 e. The summed E-state index contributed by atoms with van der Waals surface area (Å²) in [5.41, 5.74) is 4.17. The van der Waals surface area contributed by atoms with Crippen LogP contribution in [0.15, 0.2) is 42.5 Å². The van der Waals surface area contributed by atoms with E-state index in [0.717, 1.165) is 50.6 Å². The zero-order valence-electron chi connectivity index (χ0n) is 20.7. The summed E-state index contributed by atoms with van der Waals surface area (Å²) in [6.45, 7) is 2.29. The Labute approximate surface area is 218 Å². The van der Waals surface area contributed by atoms with E-state index in [9.17, 15) is 4.79 Å². The molecule has 1 atom stereocenters. The lowest BCUT2D eigenvalue weighted by Gasteiger charge is -2.18. The third kappa shape index (κ3) is 4.70. The number of thiophene rings is 1. The van der Waals surface area contributed by atoms with Gasteiger partial charge in [-0.05, 0) is 66.6 Å². The molecule has 6 nitrogen and oxygen atoms in total. The smallest absolute Gasteiger partial charge is 0.249 e. The third-order valence-corrected chi connectivity index (χ3v) is 8.59. The molecule has 0 saturated heterocycles. The quantitative estimate of drug-likeness (QED) is 0.271. The van der Waals surface area contributed by atoms with E-state index in [2.05, 4.69) is 18.3 Å². The van der Waals surface area contributed by atoms with Crippen LogP contribution in [0.25, 0.3) is 26.9 Å². The van der Waals surface area contributed by atoms with E-state index in [1.165, 1.54) is 16.5 Å². The lowest BCUT2D eigenvalue weighted by atomic mass is 9.88. The predicted molar refractivity (Wildman–Crippen MR) is 148 cm³/mol. The summed E-state index contributed by atoms with van der Waals surface area (Å²) in [6.07, 6.45) is 6.47. The minimum atomic E-state index is -0.197. The van der Waals surface area contributed by atoms with Crippen LogP contribution in [0.5, 0.6) is 17.2 Å². The molecule has 2 aromatic carbocycles. The number of nitrogens with zero attached hydrogens (tertiary/aromatic N) is 1. The van der Waals surface area contributed by atoms with E-state index in [4.69, 9.17) is 19.2 Å². The molecule has 1 amide bonds. The number of hydrogen-bond acceptors (Lipinski definition) is 7. The number of amides is 1. The molecule has 8 heteroatoms. The Bertz CT molecular complexity index is 1400. The van der Waals surface area contributed by atoms with Gasteiger partial charge in [0, 0.05) is 16.5 Å². The average molecular weight is 521 g/mol. The summed E-state index contributed by atoms with van der Waals surface area (Å²) in [4.78, 5) is 19.3. The highest BCUT2D eigenvalue weighted by molar-refractivity contribution is 7.23. The van der Waals surface area contributed by atoms with Crippen molar-refractivity contribution in [2.45, 2.75) is 26.2 Å². The Morgan fingerprint density at radius 1 is 1.08 bits per heavy atom. The highest BCUT2D eigenvalue weighted by atomic mass is 32.1. The second-order valence-electron chi connectivity index (χ2n) is 8.82. The van der Waals surface area contributed by atoms with Gasteiger partial charge in [-0.25, -0.2) is 4.98 Å². The lowest BCUT2D eigenvalue weighted by molar-refractivity contribution is -0.111. The number of benzene rings is 2. The fraction of sp³-hybridized carbons (Fsp3) is 0.286. The van der Waals surface area contributed by atoms with Crippen molar-refractivity contribution in [1.29, 1.82) is 0 Å². The van der Waals surface area contributed by atoms with Gasteiger partial charge < -0.3 is 19.5 Å². The number of anilines is 1. The van der Waals surface area contributed by atoms with Crippen LogP contribution in [-0.2, 0) is 17.6 Å².